The average molecular weight is 250 g/mol. The molecule has 0 aliphatic rings. The second-order valence-corrected chi connectivity index (χ2v) is 5.04. The standard InChI is InChI=1S/C12H14F4O/c1-11(2,3)10(17)7-4-8(12(14,15)16)6-9(13)5-7/h4-6,10,17H,1-3H3. The largest absolute Gasteiger partial charge is 0.416 e. The van der Waals surface area contributed by atoms with Crippen LogP contribution >= 0.6 is 0 Å². The molecular weight excluding hydrogens is 236 g/mol. The number of hydrogen-bond donors (Lipinski definition) is 1. The molecule has 0 aromatic heterocycles. The molecule has 1 nitrogen and oxygen atoms in total. The van der Waals surface area contributed by atoms with Gasteiger partial charge >= 0.3 is 6.18 Å². The van der Waals surface area contributed by atoms with Crippen LogP contribution in [0.3, 0.4) is 0 Å². The summed E-state index contributed by atoms with van der Waals surface area (Å²) in [4.78, 5) is 0. The molecule has 17 heavy (non-hydrogen) atoms. The summed E-state index contributed by atoms with van der Waals surface area (Å²) >= 11 is 0. The normalized spacial score (nSPS) is 14.8. The van der Waals surface area contributed by atoms with Crippen molar-refractivity contribution in [2.75, 3.05) is 0 Å². The van der Waals surface area contributed by atoms with Gasteiger partial charge in [-0.25, -0.2) is 4.39 Å². The number of aliphatic hydroxyl groups excluding tert-OH is 1. The highest BCUT2D eigenvalue weighted by atomic mass is 19.4. The Bertz CT molecular complexity index is 404. The Labute approximate surface area is 97.1 Å². The first-order chi connectivity index (χ1) is 7.51. The zero-order valence-corrected chi connectivity index (χ0v) is 9.77. The van der Waals surface area contributed by atoms with Crippen molar-refractivity contribution in [3.05, 3.63) is 35.1 Å². The monoisotopic (exact) mass is 250 g/mol. The van der Waals surface area contributed by atoms with Gasteiger partial charge in [0.1, 0.15) is 5.82 Å². The van der Waals surface area contributed by atoms with Gasteiger partial charge in [0.25, 0.3) is 0 Å². The summed E-state index contributed by atoms with van der Waals surface area (Å²) in [5.41, 5.74) is -1.81. The first-order valence-corrected chi connectivity index (χ1v) is 5.07. The molecule has 0 spiro atoms. The molecule has 0 fully saturated rings. The smallest absolute Gasteiger partial charge is 0.388 e. The van der Waals surface area contributed by atoms with Gasteiger partial charge in [0.15, 0.2) is 0 Å². The van der Waals surface area contributed by atoms with Crippen molar-refractivity contribution in [1.82, 2.24) is 0 Å². The highest BCUT2D eigenvalue weighted by molar-refractivity contribution is 5.29. The quantitative estimate of drug-likeness (QED) is 0.749. The minimum Gasteiger partial charge on any atom is -0.388 e. The number of alkyl halides is 3. The molecule has 0 saturated heterocycles. The molecule has 0 amide bonds. The van der Waals surface area contributed by atoms with Crippen LogP contribution in [-0.2, 0) is 6.18 Å². The average Bonchev–Trinajstić information content (AvgIpc) is 2.12. The lowest BCUT2D eigenvalue weighted by molar-refractivity contribution is -0.137. The third-order valence-corrected chi connectivity index (χ3v) is 2.38. The van der Waals surface area contributed by atoms with Gasteiger partial charge in [-0.15, -0.1) is 0 Å². The van der Waals surface area contributed by atoms with Crippen LogP contribution in [0.25, 0.3) is 0 Å². The van der Waals surface area contributed by atoms with Crippen LogP contribution in [0, 0.1) is 11.2 Å². The molecule has 1 atom stereocenters. The zero-order valence-electron chi connectivity index (χ0n) is 9.77. The molecule has 0 heterocycles. The summed E-state index contributed by atoms with van der Waals surface area (Å²) in [5, 5.41) is 9.84. The minimum atomic E-state index is -4.62. The van der Waals surface area contributed by atoms with E-state index in [1.165, 1.54) is 0 Å². The van der Waals surface area contributed by atoms with Crippen molar-refractivity contribution >= 4 is 0 Å². The Morgan fingerprint density at radius 3 is 2.00 bits per heavy atom. The van der Waals surface area contributed by atoms with Crippen molar-refractivity contribution in [3.8, 4) is 0 Å². The van der Waals surface area contributed by atoms with Gasteiger partial charge in [-0.2, -0.15) is 13.2 Å². The van der Waals surface area contributed by atoms with E-state index in [4.69, 9.17) is 0 Å². The van der Waals surface area contributed by atoms with Gasteiger partial charge in [0.2, 0.25) is 0 Å². The number of aliphatic hydroxyl groups is 1. The third-order valence-electron chi connectivity index (χ3n) is 2.38. The highest BCUT2D eigenvalue weighted by Crippen LogP contribution is 2.36. The summed E-state index contributed by atoms with van der Waals surface area (Å²) in [6.07, 6.45) is -5.77. The van der Waals surface area contributed by atoms with Crippen molar-refractivity contribution in [2.24, 2.45) is 5.41 Å². The second-order valence-electron chi connectivity index (χ2n) is 5.04. The van der Waals surface area contributed by atoms with Crippen LogP contribution in [0.1, 0.15) is 38.0 Å². The van der Waals surface area contributed by atoms with E-state index in [-0.39, 0.29) is 5.56 Å². The Kier molecular flexibility index (Phi) is 3.52. The van der Waals surface area contributed by atoms with E-state index in [1.807, 2.05) is 0 Å². The van der Waals surface area contributed by atoms with Gasteiger partial charge < -0.3 is 5.11 Å². The summed E-state index contributed by atoms with van der Waals surface area (Å²) in [6, 6.07) is 2.11. The van der Waals surface area contributed by atoms with Crippen LogP contribution in [-0.4, -0.2) is 5.11 Å². The van der Waals surface area contributed by atoms with Gasteiger partial charge in [0.05, 0.1) is 11.7 Å². The minimum absolute atomic E-state index is 0.0650. The Hall–Kier alpha value is -1.10. The molecule has 1 rings (SSSR count). The van der Waals surface area contributed by atoms with Gasteiger partial charge in [-0.3, -0.25) is 0 Å². The fourth-order valence-electron chi connectivity index (χ4n) is 1.43. The molecule has 5 heteroatoms. The fraction of sp³-hybridized carbons (Fsp3) is 0.500. The van der Waals surface area contributed by atoms with Crippen molar-refractivity contribution in [1.29, 1.82) is 0 Å². The molecule has 0 bridgehead atoms. The maximum absolute atomic E-state index is 13.1. The van der Waals surface area contributed by atoms with Crippen LogP contribution in [0.4, 0.5) is 17.6 Å². The first kappa shape index (κ1) is 14.0. The molecule has 0 aliphatic heterocycles. The predicted molar refractivity (Wildman–Crippen MR) is 55.8 cm³/mol. The van der Waals surface area contributed by atoms with Crippen molar-refractivity contribution in [2.45, 2.75) is 33.1 Å². The molecule has 1 N–H and O–H groups in total. The van der Waals surface area contributed by atoms with E-state index in [2.05, 4.69) is 0 Å². The third kappa shape index (κ3) is 3.43. The number of benzene rings is 1. The lowest BCUT2D eigenvalue weighted by Gasteiger charge is -2.26. The first-order valence-electron chi connectivity index (χ1n) is 5.07. The van der Waals surface area contributed by atoms with Crippen LogP contribution in [0.15, 0.2) is 18.2 Å². The predicted octanol–water partition coefficient (Wildman–Crippen LogP) is 3.92. The Morgan fingerprint density at radius 1 is 1.06 bits per heavy atom. The van der Waals surface area contributed by atoms with E-state index in [9.17, 15) is 22.7 Å². The molecule has 0 saturated carbocycles. The molecular formula is C12H14F4O. The second kappa shape index (κ2) is 4.29. The van der Waals surface area contributed by atoms with E-state index in [0.717, 1.165) is 12.1 Å². The molecule has 0 radical (unpaired) electrons. The van der Waals surface area contributed by atoms with Gasteiger partial charge in [0, 0.05) is 0 Å². The molecule has 1 aromatic carbocycles. The topological polar surface area (TPSA) is 20.2 Å². The SMILES string of the molecule is CC(C)(C)C(O)c1cc(F)cc(C(F)(F)F)c1. The number of hydrogen-bond acceptors (Lipinski definition) is 1. The number of rotatable bonds is 1. The van der Waals surface area contributed by atoms with E-state index < -0.39 is 29.1 Å². The maximum atomic E-state index is 13.1. The molecule has 96 valence electrons. The van der Waals surface area contributed by atoms with Gasteiger partial charge in [-0.1, -0.05) is 20.8 Å². The number of halogens is 4. The van der Waals surface area contributed by atoms with E-state index in [0.29, 0.717) is 6.07 Å². The summed E-state index contributed by atoms with van der Waals surface area (Å²) in [5.74, 6) is -1.00. The fourth-order valence-corrected chi connectivity index (χ4v) is 1.43. The zero-order chi connectivity index (χ0) is 13.4. The molecule has 0 aliphatic carbocycles. The summed E-state index contributed by atoms with van der Waals surface area (Å²) in [7, 11) is 0. The summed E-state index contributed by atoms with van der Waals surface area (Å²) < 4.78 is 50.5. The highest BCUT2D eigenvalue weighted by Gasteiger charge is 2.33. The van der Waals surface area contributed by atoms with E-state index >= 15 is 0 Å². The Balaban J connectivity index is 3.24. The summed E-state index contributed by atoms with van der Waals surface area (Å²) in [6.45, 7) is 4.99. The van der Waals surface area contributed by atoms with Crippen LogP contribution in [0.5, 0.6) is 0 Å². The molecule has 1 unspecified atom stereocenters. The maximum Gasteiger partial charge on any atom is 0.416 e. The van der Waals surface area contributed by atoms with Crippen LogP contribution < -0.4 is 0 Å². The Morgan fingerprint density at radius 2 is 1.59 bits per heavy atom. The van der Waals surface area contributed by atoms with E-state index in [1.54, 1.807) is 20.8 Å². The lowest BCUT2D eigenvalue weighted by atomic mass is 9.84. The van der Waals surface area contributed by atoms with Crippen molar-refractivity contribution < 1.29 is 22.7 Å². The van der Waals surface area contributed by atoms with Crippen molar-refractivity contribution in [3.63, 3.8) is 0 Å². The van der Waals surface area contributed by atoms with Gasteiger partial charge in [-0.05, 0) is 29.2 Å². The lowest BCUT2D eigenvalue weighted by Crippen LogP contribution is -2.19. The molecule has 1 aromatic rings. The van der Waals surface area contributed by atoms with Crippen LogP contribution in [0.2, 0.25) is 0 Å².